The van der Waals surface area contributed by atoms with Crippen LogP contribution >= 0.6 is 11.3 Å². The number of halogens is 1. The van der Waals surface area contributed by atoms with E-state index in [-0.39, 0.29) is 5.69 Å². The van der Waals surface area contributed by atoms with Crippen molar-refractivity contribution in [3.05, 3.63) is 34.4 Å². The van der Waals surface area contributed by atoms with Gasteiger partial charge in [0.2, 0.25) is 0 Å². The first kappa shape index (κ1) is 9.15. The molecule has 0 aliphatic carbocycles. The summed E-state index contributed by atoms with van der Waals surface area (Å²) < 4.78 is 13.1. The number of nitrogen functional groups attached to an aromatic ring is 1. The molecule has 0 spiro atoms. The number of hydrogen-bond acceptors (Lipinski definition) is 3. The van der Waals surface area contributed by atoms with Gasteiger partial charge in [-0.1, -0.05) is 6.07 Å². The van der Waals surface area contributed by atoms with Crippen molar-refractivity contribution >= 4 is 17.0 Å². The number of hydrogen-bond donors (Lipinski definition) is 1. The van der Waals surface area contributed by atoms with E-state index in [0.717, 1.165) is 16.3 Å². The van der Waals surface area contributed by atoms with E-state index >= 15 is 0 Å². The van der Waals surface area contributed by atoms with E-state index in [0.29, 0.717) is 0 Å². The Hall–Kier alpha value is -1.42. The maximum Gasteiger partial charge on any atom is 0.146 e. The van der Waals surface area contributed by atoms with Crippen molar-refractivity contribution < 1.29 is 4.39 Å². The van der Waals surface area contributed by atoms with E-state index in [1.54, 1.807) is 23.5 Å². The molecule has 0 fully saturated rings. The lowest BCUT2D eigenvalue weighted by atomic mass is 10.1. The number of nitrogens with two attached hydrogens (primary N) is 1. The first-order valence-corrected chi connectivity index (χ1v) is 5.02. The second kappa shape index (κ2) is 3.38. The number of anilines is 1. The number of rotatable bonds is 1. The largest absolute Gasteiger partial charge is 0.396 e. The third-order valence-corrected chi connectivity index (χ3v) is 2.69. The van der Waals surface area contributed by atoms with Gasteiger partial charge in [0.1, 0.15) is 5.82 Å². The smallest absolute Gasteiger partial charge is 0.146 e. The summed E-state index contributed by atoms with van der Waals surface area (Å²) in [5.74, 6) is -0.395. The van der Waals surface area contributed by atoms with Crippen LogP contribution in [0.25, 0.3) is 11.3 Å². The highest BCUT2D eigenvalue weighted by Crippen LogP contribution is 2.24. The van der Waals surface area contributed by atoms with Crippen molar-refractivity contribution in [2.75, 3.05) is 5.73 Å². The van der Waals surface area contributed by atoms with Crippen LogP contribution in [0.5, 0.6) is 0 Å². The molecule has 0 aliphatic heterocycles. The van der Waals surface area contributed by atoms with Gasteiger partial charge in [0.15, 0.2) is 0 Å². The molecule has 2 nitrogen and oxygen atoms in total. The Bertz CT molecular complexity index is 465. The van der Waals surface area contributed by atoms with Crippen LogP contribution in [0.3, 0.4) is 0 Å². The van der Waals surface area contributed by atoms with Gasteiger partial charge in [-0.05, 0) is 19.1 Å². The summed E-state index contributed by atoms with van der Waals surface area (Å²) in [4.78, 5) is 4.26. The predicted molar refractivity (Wildman–Crippen MR) is 56.7 cm³/mol. The van der Waals surface area contributed by atoms with Gasteiger partial charge in [-0.2, -0.15) is 0 Å². The first-order chi connectivity index (χ1) is 6.66. The molecule has 2 rings (SSSR count). The van der Waals surface area contributed by atoms with Gasteiger partial charge in [0, 0.05) is 10.9 Å². The zero-order valence-corrected chi connectivity index (χ0v) is 8.44. The monoisotopic (exact) mass is 208 g/mol. The van der Waals surface area contributed by atoms with Crippen LogP contribution in [0.15, 0.2) is 23.6 Å². The molecule has 0 atom stereocenters. The van der Waals surface area contributed by atoms with E-state index in [2.05, 4.69) is 4.98 Å². The number of benzene rings is 1. The fourth-order valence-electron chi connectivity index (χ4n) is 1.18. The molecule has 0 aliphatic rings. The second-order valence-electron chi connectivity index (χ2n) is 2.99. The lowest BCUT2D eigenvalue weighted by Gasteiger charge is -1.99. The fourth-order valence-corrected chi connectivity index (χ4v) is 1.80. The topological polar surface area (TPSA) is 38.9 Å². The van der Waals surface area contributed by atoms with Crippen LogP contribution in [0, 0.1) is 12.7 Å². The number of nitrogens with zero attached hydrogens (tertiary/aromatic N) is 1. The molecule has 14 heavy (non-hydrogen) atoms. The van der Waals surface area contributed by atoms with Crippen molar-refractivity contribution in [3.63, 3.8) is 0 Å². The summed E-state index contributed by atoms with van der Waals surface area (Å²) in [5.41, 5.74) is 7.11. The lowest BCUT2D eigenvalue weighted by molar-refractivity contribution is 0.633. The third kappa shape index (κ3) is 1.61. The molecule has 4 heteroatoms. The van der Waals surface area contributed by atoms with Crippen LogP contribution in [-0.2, 0) is 0 Å². The summed E-state index contributed by atoms with van der Waals surface area (Å²) >= 11 is 1.54. The molecule has 0 saturated heterocycles. The zero-order chi connectivity index (χ0) is 10.1. The standard InChI is InChI=1S/C10H9FN2S/c1-6-13-10(5-14-6)7-2-3-9(12)8(11)4-7/h2-5H,12H2,1H3. The maximum absolute atomic E-state index is 13.1. The molecule has 1 aromatic carbocycles. The van der Waals surface area contributed by atoms with Gasteiger partial charge < -0.3 is 5.73 Å². The molecular weight excluding hydrogens is 199 g/mol. The summed E-state index contributed by atoms with van der Waals surface area (Å²) in [6, 6.07) is 4.73. The highest BCUT2D eigenvalue weighted by atomic mass is 32.1. The van der Waals surface area contributed by atoms with Crippen molar-refractivity contribution in [2.24, 2.45) is 0 Å². The van der Waals surface area contributed by atoms with Gasteiger partial charge >= 0.3 is 0 Å². The Morgan fingerprint density at radius 3 is 2.79 bits per heavy atom. The Kier molecular flexibility index (Phi) is 2.21. The molecule has 0 unspecified atom stereocenters. The van der Waals surface area contributed by atoms with Crippen LogP contribution in [0.1, 0.15) is 5.01 Å². The van der Waals surface area contributed by atoms with Crippen LogP contribution in [0.4, 0.5) is 10.1 Å². The first-order valence-electron chi connectivity index (χ1n) is 4.14. The Balaban J connectivity index is 2.47. The summed E-state index contributed by atoms with van der Waals surface area (Å²) in [7, 11) is 0. The number of aryl methyl sites for hydroxylation is 1. The summed E-state index contributed by atoms with van der Waals surface area (Å²) in [5, 5.41) is 2.87. The Morgan fingerprint density at radius 1 is 1.43 bits per heavy atom. The lowest BCUT2D eigenvalue weighted by Crippen LogP contribution is -1.90. The zero-order valence-electron chi connectivity index (χ0n) is 7.62. The van der Waals surface area contributed by atoms with Crippen molar-refractivity contribution in [2.45, 2.75) is 6.92 Å². The molecule has 1 aromatic heterocycles. The van der Waals surface area contributed by atoms with Gasteiger partial charge in [-0.15, -0.1) is 11.3 Å². The molecule has 72 valence electrons. The predicted octanol–water partition coefficient (Wildman–Crippen LogP) is 2.84. The fraction of sp³-hybridized carbons (Fsp3) is 0.100. The van der Waals surface area contributed by atoms with Gasteiger partial charge in [-0.3, -0.25) is 0 Å². The SMILES string of the molecule is Cc1nc(-c2ccc(N)c(F)c2)cs1. The van der Waals surface area contributed by atoms with E-state index in [9.17, 15) is 4.39 Å². The molecule has 0 bridgehead atoms. The molecule has 2 aromatic rings. The highest BCUT2D eigenvalue weighted by Gasteiger charge is 2.04. The van der Waals surface area contributed by atoms with Gasteiger partial charge in [0.25, 0.3) is 0 Å². The van der Waals surface area contributed by atoms with Crippen molar-refractivity contribution in [3.8, 4) is 11.3 Å². The Morgan fingerprint density at radius 2 is 2.21 bits per heavy atom. The normalized spacial score (nSPS) is 10.4. The summed E-state index contributed by atoms with van der Waals surface area (Å²) in [6.45, 7) is 1.92. The molecule has 0 radical (unpaired) electrons. The maximum atomic E-state index is 13.1. The molecule has 0 saturated carbocycles. The van der Waals surface area contributed by atoms with E-state index in [1.807, 2.05) is 12.3 Å². The average Bonchev–Trinajstić information content (AvgIpc) is 2.57. The minimum Gasteiger partial charge on any atom is -0.396 e. The molecule has 2 N–H and O–H groups in total. The van der Waals surface area contributed by atoms with Crippen LogP contribution in [-0.4, -0.2) is 4.98 Å². The molecular formula is C10H9FN2S. The van der Waals surface area contributed by atoms with Gasteiger partial charge in [0.05, 0.1) is 16.4 Å². The van der Waals surface area contributed by atoms with Crippen molar-refractivity contribution in [1.82, 2.24) is 4.98 Å². The minimum absolute atomic E-state index is 0.167. The molecule has 1 heterocycles. The second-order valence-corrected chi connectivity index (χ2v) is 4.05. The minimum atomic E-state index is -0.395. The van der Waals surface area contributed by atoms with Crippen LogP contribution < -0.4 is 5.73 Å². The van der Waals surface area contributed by atoms with E-state index in [4.69, 9.17) is 5.73 Å². The number of thiazole rings is 1. The van der Waals surface area contributed by atoms with Crippen molar-refractivity contribution in [1.29, 1.82) is 0 Å². The Labute approximate surface area is 85.2 Å². The van der Waals surface area contributed by atoms with Gasteiger partial charge in [-0.25, -0.2) is 9.37 Å². The number of aromatic nitrogens is 1. The highest BCUT2D eigenvalue weighted by molar-refractivity contribution is 7.09. The summed E-state index contributed by atoms with van der Waals surface area (Å²) in [6.07, 6.45) is 0. The quantitative estimate of drug-likeness (QED) is 0.732. The van der Waals surface area contributed by atoms with E-state index < -0.39 is 5.82 Å². The molecule has 0 amide bonds. The van der Waals surface area contributed by atoms with Crippen LogP contribution in [0.2, 0.25) is 0 Å². The average molecular weight is 208 g/mol. The van der Waals surface area contributed by atoms with E-state index in [1.165, 1.54) is 6.07 Å². The third-order valence-electron chi connectivity index (χ3n) is 1.92.